The molecule has 0 spiro atoms. The van der Waals surface area contributed by atoms with Crippen LogP contribution in [0.3, 0.4) is 0 Å². The predicted molar refractivity (Wildman–Crippen MR) is 81.3 cm³/mol. The SMILES string of the molecule is CCc1cc(-c2cccnc2-c2ccc(F)c(C)c2)n[nH]1. The number of aromatic amines is 1. The molecule has 3 nitrogen and oxygen atoms in total. The summed E-state index contributed by atoms with van der Waals surface area (Å²) in [6.45, 7) is 3.83. The quantitative estimate of drug-likeness (QED) is 0.783. The number of hydrogen-bond donors (Lipinski definition) is 1. The maximum atomic E-state index is 13.4. The highest BCUT2D eigenvalue weighted by atomic mass is 19.1. The number of benzene rings is 1. The molecule has 1 N–H and O–H groups in total. The van der Waals surface area contributed by atoms with Crippen molar-refractivity contribution in [3.05, 3.63) is 59.7 Å². The summed E-state index contributed by atoms with van der Waals surface area (Å²) >= 11 is 0. The lowest BCUT2D eigenvalue weighted by molar-refractivity contribution is 0.619. The zero-order valence-electron chi connectivity index (χ0n) is 12.0. The van der Waals surface area contributed by atoms with Crippen LogP contribution >= 0.6 is 0 Å². The minimum atomic E-state index is -0.204. The molecular formula is C17H16FN3. The van der Waals surface area contributed by atoms with Crippen LogP contribution in [0.2, 0.25) is 0 Å². The van der Waals surface area contributed by atoms with E-state index in [9.17, 15) is 4.39 Å². The molecule has 3 rings (SSSR count). The number of rotatable bonds is 3. The van der Waals surface area contributed by atoms with E-state index in [-0.39, 0.29) is 5.82 Å². The molecule has 106 valence electrons. The third kappa shape index (κ3) is 2.57. The highest BCUT2D eigenvalue weighted by Crippen LogP contribution is 2.30. The molecular weight excluding hydrogens is 265 g/mol. The topological polar surface area (TPSA) is 41.6 Å². The van der Waals surface area contributed by atoms with Gasteiger partial charge in [0.2, 0.25) is 0 Å². The molecule has 4 heteroatoms. The van der Waals surface area contributed by atoms with Crippen molar-refractivity contribution in [1.82, 2.24) is 15.2 Å². The summed E-state index contributed by atoms with van der Waals surface area (Å²) in [6.07, 6.45) is 2.64. The van der Waals surface area contributed by atoms with Gasteiger partial charge in [-0.25, -0.2) is 4.39 Å². The molecule has 0 fully saturated rings. The van der Waals surface area contributed by atoms with Crippen molar-refractivity contribution >= 4 is 0 Å². The van der Waals surface area contributed by atoms with E-state index >= 15 is 0 Å². The van der Waals surface area contributed by atoms with E-state index in [0.29, 0.717) is 5.56 Å². The Kier molecular flexibility index (Phi) is 3.52. The van der Waals surface area contributed by atoms with Gasteiger partial charge in [0.25, 0.3) is 0 Å². The summed E-state index contributed by atoms with van der Waals surface area (Å²) in [6, 6.07) is 10.9. The largest absolute Gasteiger partial charge is 0.282 e. The molecule has 0 radical (unpaired) electrons. The number of hydrogen-bond acceptors (Lipinski definition) is 2. The Bertz CT molecular complexity index is 777. The van der Waals surface area contributed by atoms with Gasteiger partial charge in [-0.3, -0.25) is 10.1 Å². The van der Waals surface area contributed by atoms with Gasteiger partial charge in [0.1, 0.15) is 5.82 Å². The normalized spacial score (nSPS) is 10.8. The number of halogens is 1. The summed E-state index contributed by atoms with van der Waals surface area (Å²) in [4.78, 5) is 4.45. The van der Waals surface area contributed by atoms with Crippen molar-refractivity contribution in [2.45, 2.75) is 20.3 Å². The number of aromatic nitrogens is 3. The van der Waals surface area contributed by atoms with Crippen molar-refractivity contribution in [2.75, 3.05) is 0 Å². The summed E-state index contributed by atoms with van der Waals surface area (Å²) in [7, 11) is 0. The number of pyridine rings is 1. The molecule has 0 bridgehead atoms. The third-order valence-electron chi connectivity index (χ3n) is 3.53. The van der Waals surface area contributed by atoms with Gasteiger partial charge in [0, 0.05) is 23.0 Å². The average Bonchev–Trinajstić information content (AvgIpc) is 2.99. The van der Waals surface area contributed by atoms with Crippen LogP contribution < -0.4 is 0 Å². The zero-order valence-corrected chi connectivity index (χ0v) is 12.0. The molecule has 0 amide bonds. The lowest BCUT2D eigenvalue weighted by Gasteiger charge is -2.07. The molecule has 0 aliphatic rings. The standard InChI is InChI=1S/C17H16FN3/c1-3-13-10-16(21-20-13)14-5-4-8-19-17(14)12-6-7-15(18)11(2)9-12/h4-10H,3H2,1-2H3,(H,20,21). The van der Waals surface area contributed by atoms with E-state index in [1.165, 1.54) is 6.07 Å². The van der Waals surface area contributed by atoms with Gasteiger partial charge in [-0.15, -0.1) is 0 Å². The van der Waals surface area contributed by atoms with Crippen LogP contribution in [-0.2, 0) is 6.42 Å². The average molecular weight is 281 g/mol. The Morgan fingerprint density at radius 1 is 1.19 bits per heavy atom. The van der Waals surface area contributed by atoms with Gasteiger partial charge < -0.3 is 0 Å². The molecule has 0 atom stereocenters. The van der Waals surface area contributed by atoms with Gasteiger partial charge >= 0.3 is 0 Å². The van der Waals surface area contributed by atoms with Crippen LogP contribution in [0.15, 0.2) is 42.6 Å². The van der Waals surface area contributed by atoms with E-state index in [0.717, 1.165) is 34.6 Å². The lowest BCUT2D eigenvalue weighted by Crippen LogP contribution is -1.91. The number of H-pyrrole nitrogens is 1. The molecule has 0 aliphatic heterocycles. The molecule has 0 saturated heterocycles. The Labute approximate surface area is 122 Å². The molecule has 21 heavy (non-hydrogen) atoms. The second-order valence-corrected chi connectivity index (χ2v) is 5.00. The minimum Gasteiger partial charge on any atom is -0.282 e. The van der Waals surface area contributed by atoms with Crippen LogP contribution in [0.5, 0.6) is 0 Å². The smallest absolute Gasteiger partial charge is 0.126 e. The molecule has 2 aromatic heterocycles. The Morgan fingerprint density at radius 3 is 2.76 bits per heavy atom. The van der Waals surface area contributed by atoms with Gasteiger partial charge in [0.05, 0.1) is 11.4 Å². The van der Waals surface area contributed by atoms with E-state index in [1.54, 1.807) is 19.2 Å². The number of nitrogens with zero attached hydrogens (tertiary/aromatic N) is 2. The Morgan fingerprint density at radius 2 is 2.05 bits per heavy atom. The lowest BCUT2D eigenvalue weighted by atomic mass is 10.0. The molecule has 2 heterocycles. The van der Waals surface area contributed by atoms with Gasteiger partial charge in [-0.05, 0) is 55.3 Å². The van der Waals surface area contributed by atoms with Crippen LogP contribution in [-0.4, -0.2) is 15.2 Å². The monoisotopic (exact) mass is 281 g/mol. The fourth-order valence-corrected chi connectivity index (χ4v) is 2.31. The van der Waals surface area contributed by atoms with Crippen molar-refractivity contribution in [3.63, 3.8) is 0 Å². The van der Waals surface area contributed by atoms with Crippen LogP contribution in [0.1, 0.15) is 18.2 Å². The van der Waals surface area contributed by atoms with Crippen LogP contribution in [0.25, 0.3) is 22.5 Å². The van der Waals surface area contributed by atoms with E-state index < -0.39 is 0 Å². The summed E-state index contributed by atoms with van der Waals surface area (Å²) < 4.78 is 13.4. The Hall–Kier alpha value is -2.49. The van der Waals surface area contributed by atoms with Crippen LogP contribution in [0, 0.1) is 12.7 Å². The van der Waals surface area contributed by atoms with Crippen molar-refractivity contribution < 1.29 is 4.39 Å². The number of nitrogens with one attached hydrogen (secondary N) is 1. The maximum Gasteiger partial charge on any atom is 0.126 e. The molecule has 3 aromatic rings. The molecule has 0 saturated carbocycles. The second-order valence-electron chi connectivity index (χ2n) is 5.00. The van der Waals surface area contributed by atoms with Gasteiger partial charge in [-0.1, -0.05) is 6.92 Å². The highest BCUT2D eigenvalue weighted by Gasteiger charge is 2.12. The number of aryl methyl sites for hydroxylation is 2. The van der Waals surface area contributed by atoms with E-state index in [1.807, 2.05) is 24.3 Å². The first-order valence-corrected chi connectivity index (χ1v) is 6.95. The van der Waals surface area contributed by atoms with E-state index in [2.05, 4.69) is 22.1 Å². The van der Waals surface area contributed by atoms with Crippen molar-refractivity contribution in [2.24, 2.45) is 0 Å². The van der Waals surface area contributed by atoms with Crippen LogP contribution in [0.4, 0.5) is 4.39 Å². The predicted octanol–water partition coefficient (Wildman–Crippen LogP) is 4.15. The van der Waals surface area contributed by atoms with E-state index in [4.69, 9.17) is 0 Å². The summed E-state index contributed by atoms with van der Waals surface area (Å²) in [5.41, 5.74) is 5.20. The zero-order chi connectivity index (χ0) is 14.8. The molecule has 0 aliphatic carbocycles. The van der Waals surface area contributed by atoms with Crippen molar-refractivity contribution in [3.8, 4) is 22.5 Å². The second kappa shape index (κ2) is 5.48. The first-order valence-electron chi connectivity index (χ1n) is 6.95. The highest BCUT2D eigenvalue weighted by molar-refractivity contribution is 5.79. The third-order valence-corrected chi connectivity index (χ3v) is 3.53. The molecule has 0 unspecified atom stereocenters. The summed E-state index contributed by atoms with van der Waals surface area (Å²) in [5, 5.41) is 7.36. The molecule has 1 aromatic carbocycles. The van der Waals surface area contributed by atoms with Crippen molar-refractivity contribution in [1.29, 1.82) is 0 Å². The minimum absolute atomic E-state index is 0.204. The maximum absolute atomic E-state index is 13.4. The van der Waals surface area contributed by atoms with Gasteiger partial charge in [0.15, 0.2) is 0 Å². The van der Waals surface area contributed by atoms with Gasteiger partial charge in [-0.2, -0.15) is 5.10 Å². The Balaban J connectivity index is 2.13. The first kappa shape index (κ1) is 13.5. The first-order chi connectivity index (χ1) is 10.2. The summed E-state index contributed by atoms with van der Waals surface area (Å²) in [5.74, 6) is -0.204. The fraction of sp³-hybridized carbons (Fsp3) is 0.176. The fourth-order valence-electron chi connectivity index (χ4n) is 2.31.